The summed E-state index contributed by atoms with van der Waals surface area (Å²) in [7, 11) is 0. The molecule has 0 aliphatic rings. The number of nitrogens with zero attached hydrogens (tertiary/aromatic N) is 3. The fraction of sp³-hybridized carbons (Fsp3) is 0.467. The largest absolute Gasteiger partial charge is 0.310 e. The van der Waals surface area contributed by atoms with E-state index < -0.39 is 0 Å². The van der Waals surface area contributed by atoms with E-state index >= 15 is 0 Å². The molecule has 0 fully saturated rings. The Morgan fingerprint density at radius 2 is 1.84 bits per heavy atom. The predicted molar refractivity (Wildman–Crippen MR) is 77.5 cm³/mol. The summed E-state index contributed by atoms with van der Waals surface area (Å²) in [6.07, 6.45) is 1.09. The molecule has 4 nitrogen and oxygen atoms in total. The van der Waals surface area contributed by atoms with Crippen molar-refractivity contribution in [3.63, 3.8) is 0 Å². The van der Waals surface area contributed by atoms with Crippen molar-refractivity contribution in [2.24, 2.45) is 0 Å². The summed E-state index contributed by atoms with van der Waals surface area (Å²) in [6.45, 7) is 9.21. The second kappa shape index (κ2) is 5.97. The Balaban J connectivity index is 2.25. The lowest BCUT2D eigenvalue weighted by Crippen LogP contribution is -2.20. The van der Waals surface area contributed by atoms with E-state index in [1.54, 1.807) is 0 Å². The fourth-order valence-corrected chi connectivity index (χ4v) is 2.36. The van der Waals surface area contributed by atoms with Crippen LogP contribution in [0.5, 0.6) is 0 Å². The van der Waals surface area contributed by atoms with Crippen LogP contribution in [0.15, 0.2) is 24.3 Å². The molecule has 102 valence electrons. The predicted octanol–water partition coefficient (Wildman–Crippen LogP) is 2.94. The Bertz CT molecular complexity index is 528. The first-order valence-electron chi connectivity index (χ1n) is 6.89. The summed E-state index contributed by atoms with van der Waals surface area (Å²) in [5.74, 6) is 1.73. The molecule has 4 heteroatoms. The average Bonchev–Trinajstić information content (AvgIpc) is 2.75. The molecule has 0 aliphatic carbocycles. The van der Waals surface area contributed by atoms with Gasteiger partial charge in [-0.3, -0.25) is 0 Å². The minimum absolute atomic E-state index is 0.428. The summed E-state index contributed by atoms with van der Waals surface area (Å²) in [4.78, 5) is 4.33. The average molecular weight is 258 g/mol. The molecule has 2 aromatic rings. The normalized spacial score (nSPS) is 12.6. The van der Waals surface area contributed by atoms with E-state index in [0.29, 0.717) is 6.04 Å². The summed E-state index contributed by atoms with van der Waals surface area (Å²) < 4.78 is 1.88. The van der Waals surface area contributed by atoms with Gasteiger partial charge < -0.3 is 5.32 Å². The lowest BCUT2D eigenvalue weighted by Gasteiger charge is -2.16. The van der Waals surface area contributed by atoms with E-state index in [0.717, 1.165) is 30.3 Å². The molecule has 0 bridgehead atoms. The van der Waals surface area contributed by atoms with Gasteiger partial charge in [-0.1, -0.05) is 26.0 Å². The first kappa shape index (κ1) is 13.7. The number of aryl methyl sites for hydroxylation is 2. The molecule has 0 saturated carbocycles. The molecule has 2 rings (SSSR count). The zero-order valence-electron chi connectivity index (χ0n) is 12.1. The quantitative estimate of drug-likeness (QED) is 0.896. The number of hydrogen-bond acceptors (Lipinski definition) is 3. The molecular weight excluding hydrogens is 236 g/mol. The maximum absolute atomic E-state index is 4.40. The van der Waals surface area contributed by atoms with E-state index in [1.165, 1.54) is 5.56 Å². The van der Waals surface area contributed by atoms with Crippen molar-refractivity contribution in [2.75, 3.05) is 6.54 Å². The fourth-order valence-electron chi connectivity index (χ4n) is 2.36. The van der Waals surface area contributed by atoms with Crippen molar-refractivity contribution >= 4 is 0 Å². The zero-order valence-corrected chi connectivity index (χ0v) is 12.1. The first-order chi connectivity index (χ1) is 9.15. The van der Waals surface area contributed by atoms with Crippen LogP contribution in [0.2, 0.25) is 0 Å². The number of aromatic nitrogens is 3. The molecule has 1 aromatic heterocycles. The minimum atomic E-state index is 0.428. The van der Waals surface area contributed by atoms with Crippen molar-refractivity contribution in [2.45, 2.75) is 40.2 Å². The van der Waals surface area contributed by atoms with Crippen LogP contribution in [0, 0.1) is 13.8 Å². The van der Waals surface area contributed by atoms with E-state index in [2.05, 4.69) is 53.5 Å². The van der Waals surface area contributed by atoms with Crippen LogP contribution in [0.4, 0.5) is 0 Å². The van der Waals surface area contributed by atoms with Crippen molar-refractivity contribution in [1.29, 1.82) is 0 Å². The number of rotatable bonds is 5. The molecule has 1 N–H and O–H groups in total. The van der Waals surface area contributed by atoms with Crippen LogP contribution in [0.1, 0.15) is 43.5 Å². The van der Waals surface area contributed by atoms with Crippen molar-refractivity contribution in [3.8, 4) is 5.69 Å². The van der Waals surface area contributed by atoms with E-state index in [1.807, 2.05) is 18.5 Å². The highest BCUT2D eigenvalue weighted by Crippen LogP contribution is 2.18. The van der Waals surface area contributed by atoms with Gasteiger partial charge in [0.2, 0.25) is 0 Å². The van der Waals surface area contributed by atoms with Gasteiger partial charge in [0.05, 0.1) is 5.69 Å². The van der Waals surface area contributed by atoms with Crippen LogP contribution < -0.4 is 5.32 Å². The van der Waals surface area contributed by atoms with Crippen LogP contribution in [-0.4, -0.2) is 21.3 Å². The summed E-state index contributed by atoms with van der Waals surface area (Å²) >= 11 is 0. The summed E-state index contributed by atoms with van der Waals surface area (Å²) in [6, 6.07) is 8.98. The van der Waals surface area contributed by atoms with Gasteiger partial charge in [0, 0.05) is 6.04 Å². The van der Waals surface area contributed by atoms with Gasteiger partial charge in [-0.05, 0) is 44.5 Å². The third kappa shape index (κ3) is 3.01. The second-order valence-electron chi connectivity index (χ2n) is 4.73. The molecule has 1 unspecified atom stereocenters. The molecule has 0 saturated heterocycles. The molecule has 0 aliphatic heterocycles. The van der Waals surface area contributed by atoms with Crippen LogP contribution in [0.3, 0.4) is 0 Å². The highest BCUT2D eigenvalue weighted by molar-refractivity contribution is 5.35. The molecular formula is C15H22N4. The topological polar surface area (TPSA) is 42.7 Å². The number of benzene rings is 1. The maximum atomic E-state index is 4.40. The zero-order chi connectivity index (χ0) is 13.8. The molecule has 0 spiro atoms. The molecule has 0 radical (unpaired) electrons. The number of nitrogens with one attached hydrogen (secondary N) is 1. The van der Waals surface area contributed by atoms with E-state index in [9.17, 15) is 0 Å². The third-order valence-corrected chi connectivity index (χ3v) is 3.27. The van der Waals surface area contributed by atoms with Crippen molar-refractivity contribution in [3.05, 3.63) is 41.5 Å². The van der Waals surface area contributed by atoms with Gasteiger partial charge in [-0.25, -0.2) is 9.67 Å². The van der Waals surface area contributed by atoms with Gasteiger partial charge in [0.15, 0.2) is 0 Å². The third-order valence-electron chi connectivity index (χ3n) is 3.27. The summed E-state index contributed by atoms with van der Waals surface area (Å²) in [5.41, 5.74) is 2.38. The van der Waals surface area contributed by atoms with Gasteiger partial charge in [0.25, 0.3) is 0 Å². The molecule has 1 aromatic carbocycles. The highest BCUT2D eigenvalue weighted by Gasteiger charge is 2.09. The van der Waals surface area contributed by atoms with Crippen LogP contribution >= 0.6 is 0 Å². The lowest BCUT2D eigenvalue weighted by molar-refractivity contribution is 0.537. The minimum Gasteiger partial charge on any atom is -0.310 e. The Hall–Kier alpha value is -1.68. The lowest BCUT2D eigenvalue weighted by atomic mass is 10.0. The second-order valence-corrected chi connectivity index (χ2v) is 4.73. The van der Waals surface area contributed by atoms with Gasteiger partial charge in [-0.15, -0.1) is 0 Å². The SMILES string of the molecule is CCNC(CC)c1ccc(-n2nc(C)nc2C)cc1. The summed E-state index contributed by atoms with van der Waals surface area (Å²) in [5, 5.41) is 7.89. The van der Waals surface area contributed by atoms with Gasteiger partial charge in [-0.2, -0.15) is 5.10 Å². The molecule has 1 atom stereocenters. The monoisotopic (exact) mass is 258 g/mol. The molecule has 1 heterocycles. The van der Waals surface area contributed by atoms with Crippen LogP contribution in [-0.2, 0) is 0 Å². The van der Waals surface area contributed by atoms with E-state index in [4.69, 9.17) is 0 Å². The Morgan fingerprint density at radius 1 is 1.16 bits per heavy atom. The Labute approximate surface area is 114 Å². The van der Waals surface area contributed by atoms with Crippen molar-refractivity contribution < 1.29 is 0 Å². The number of hydrogen-bond donors (Lipinski definition) is 1. The van der Waals surface area contributed by atoms with Crippen molar-refractivity contribution in [1.82, 2.24) is 20.1 Å². The molecule has 19 heavy (non-hydrogen) atoms. The molecule has 0 amide bonds. The smallest absolute Gasteiger partial charge is 0.148 e. The Kier molecular flexibility index (Phi) is 4.32. The first-order valence-corrected chi connectivity index (χ1v) is 6.89. The highest BCUT2D eigenvalue weighted by atomic mass is 15.3. The van der Waals surface area contributed by atoms with Gasteiger partial charge in [0.1, 0.15) is 11.6 Å². The standard InChI is InChI=1S/C15H22N4/c1-5-15(16-6-2)13-7-9-14(10-8-13)19-12(4)17-11(3)18-19/h7-10,15-16H,5-6H2,1-4H3. The Morgan fingerprint density at radius 3 is 2.32 bits per heavy atom. The van der Waals surface area contributed by atoms with Gasteiger partial charge >= 0.3 is 0 Å². The maximum Gasteiger partial charge on any atom is 0.148 e. The van der Waals surface area contributed by atoms with Crippen LogP contribution in [0.25, 0.3) is 5.69 Å². The van der Waals surface area contributed by atoms with E-state index in [-0.39, 0.29) is 0 Å².